The minimum atomic E-state index is -0.192. The second kappa shape index (κ2) is 7.98. The van der Waals surface area contributed by atoms with Crippen LogP contribution in [0.4, 0.5) is 10.3 Å². The summed E-state index contributed by atoms with van der Waals surface area (Å²) in [5.41, 5.74) is 8.57. The Morgan fingerprint density at radius 1 is 1.12 bits per heavy atom. The zero-order chi connectivity index (χ0) is 22.4. The molecule has 6 rings (SSSR count). The summed E-state index contributed by atoms with van der Waals surface area (Å²) in [7, 11) is 0. The quantitative estimate of drug-likeness (QED) is 0.500. The van der Waals surface area contributed by atoms with Crippen molar-refractivity contribution in [1.82, 2.24) is 19.7 Å². The molecule has 0 unspecified atom stereocenters. The van der Waals surface area contributed by atoms with Crippen molar-refractivity contribution in [1.29, 1.82) is 5.26 Å². The number of rotatable bonds is 4. The first-order valence-electron chi connectivity index (χ1n) is 11.4. The van der Waals surface area contributed by atoms with Gasteiger partial charge in [-0.05, 0) is 66.1 Å². The van der Waals surface area contributed by atoms with E-state index < -0.39 is 0 Å². The van der Waals surface area contributed by atoms with Crippen LogP contribution in [0, 0.1) is 17.1 Å². The largest absolute Gasteiger partial charge is 0.351 e. The van der Waals surface area contributed by atoms with Crippen molar-refractivity contribution in [3.63, 3.8) is 0 Å². The maximum Gasteiger partial charge on any atom is 0.208 e. The molecule has 2 N–H and O–H groups in total. The highest BCUT2D eigenvalue weighted by Crippen LogP contribution is 2.30. The van der Waals surface area contributed by atoms with E-state index in [9.17, 15) is 9.65 Å². The molecule has 3 heterocycles. The SMILES string of the molecule is N#Cc1cn2c(NCc3c(F)ccc4c3CCC4)ncc(-c3ccc4c(c3)CCNC4)c2n1. The third-order valence-corrected chi connectivity index (χ3v) is 6.78. The summed E-state index contributed by atoms with van der Waals surface area (Å²) in [6, 6.07) is 12.0. The molecule has 33 heavy (non-hydrogen) atoms. The Hall–Kier alpha value is -3.76. The number of aromatic nitrogens is 3. The summed E-state index contributed by atoms with van der Waals surface area (Å²) in [5, 5.41) is 16.2. The average molecular weight is 439 g/mol. The minimum Gasteiger partial charge on any atom is -0.351 e. The van der Waals surface area contributed by atoms with Gasteiger partial charge in [-0.1, -0.05) is 24.3 Å². The van der Waals surface area contributed by atoms with Crippen molar-refractivity contribution in [3.05, 3.63) is 82.1 Å². The fourth-order valence-electron chi connectivity index (χ4n) is 5.08. The van der Waals surface area contributed by atoms with E-state index in [1.165, 1.54) is 16.7 Å². The van der Waals surface area contributed by atoms with Gasteiger partial charge in [-0.2, -0.15) is 5.26 Å². The van der Waals surface area contributed by atoms with Gasteiger partial charge in [0, 0.05) is 30.4 Å². The van der Waals surface area contributed by atoms with Crippen molar-refractivity contribution >= 4 is 11.6 Å². The highest BCUT2D eigenvalue weighted by atomic mass is 19.1. The predicted octanol–water partition coefficient (Wildman–Crippen LogP) is 4.15. The highest BCUT2D eigenvalue weighted by molar-refractivity contribution is 5.79. The molecule has 0 radical (unpaired) electrons. The first-order valence-corrected chi connectivity index (χ1v) is 11.4. The summed E-state index contributed by atoms with van der Waals surface area (Å²) < 4.78 is 16.4. The van der Waals surface area contributed by atoms with Gasteiger partial charge >= 0.3 is 0 Å². The standard InChI is InChI=1S/C26H23FN6/c27-24-7-6-16-2-1-3-21(16)23(24)14-31-26-30-13-22(25-32-20(11-28)15-33(25)26)18-4-5-19-12-29-9-8-17(19)10-18/h4-7,10,13,15,29H,1-3,8-9,12,14H2,(H,30,31). The van der Waals surface area contributed by atoms with E-state index in [1.807, 2.05) is 6.07 Å². The second-order valence-electron chi connectivity index (χ2n) is 8.71. The summed E-state index contributed by atoms with van der Waals surface area (Å²) in [6.45, 7) is 2.19. The topological polar surface area (TPSA) is 78.0 Å². The molecule has 2 aromatic carbocycles. The molecule has 7 heteroatoms. The summed E-state index contributed by atoms with van der Waals surface area (Å²) >= 11 is 0. The molecule has 0 amide bonds. The van der Waals surface area contributed by atoms with E-state index in [0.717, 1.165) is 55.5 Å². The van der Waals surface area contributed by atoms with Crippen LogP contribution in [0.25, 0.3) is 16.8 Å². The monoisotopic (exact) mass is 438 g/mol. The van der Waals surface area contributed by atoms with Gasteiger partial charge in [-0.3, -0.25) is 4.40 Å². The van der Waals surface area contributed by atoms with Crippen molar-refractivity contribution in [3.8, 4) is 17.2 Å². The van der Waals surface area contributed by atoms with Crippen LogP contribution in [-0.4, -0.2) is 20.9 Å². The Morgan fingerprint density at radius 3 is 2.94 bits per heavy atom. The molecule has 4 aromatic rings. The molecule has 0 saturated carbocycles. The number of nitriles is 1. The molecule has 6 nitrogen and oxygen atoms in total. The number of benzene rings is 2. The lowest BCUT2D eigenvalue weighted by Crippen LogP contribution is -2.23. The number of hydrogen-bond donors (Lipinski definition) is 2. The van der Waals surface area contributed by atoms with Crippen LogP contribution in [0.5, 0.6) is 0 Å². The normalized spacial score (nSPS) is 14.7. The maximum atomic E-state index is 14.6. The van der Waals surface area contributed by atoms with Crippen LogP contribution >= 0.6 is 0 Å². The van der Waals surface area contributed by atoms with Crippen molar-refractivity contribution in [2.45, 2.75) is 38.8 Å². The fraction of sp³-hybridized carbons (Fsp3) is 0.269. The van der Waals surface area contributed by atoms with E-state index in [2.05, 4.69) is 44.9 Å². The lowest BCUT2D eigenvalue weighted by atomic mass is 9.96. The van der Waals surface area contributed by atoms with E-state index in [-0.39, 0.29) is 5.82 Å². The molecular weight excluding hydrogens is 415 g/mol. The van der Waals surface area contributed by atoms with Crippen LogP contribution in [-0.2, 0) is 32.4 Å². The molecule has 1 aliphatic heterocycles. The zero-order valence-corrected chi connectivity index (χ0v) is 18.2. The molecule has 0 saturated heterocycles. The van der Waals surface area contributed by atoms with E-state index >= 15 is 0 Å². The van der Waals surface area contributed by atoms with Crippen LogP contribution < -0.4 is 10.6 Å². The number of fused-ring (bicyclic) bond motifs is 3. The number of halogens is 1. The van der Waals surface area contributed by atoms with Crippen LogP contribution in [0.1, 0.15) is 39.9 Å². The van der Waals surface area contributed by atoms with E-state index in [1.54, 1.807) is 22.9 Å². The maximum absolute atomic E-state index is 14.6. The molecule has 2 aliphatic rings. The van der Waals surface area contributed by atoms with Crippen LogP contribution in [0.15, 0.2) is 42.7 Å². The summed E-state index contributed by atoms with van der Waals surface area (Å²) in [5.74, 6) is 0.350. The molecule has 0 bridgehead atoms. The van der Waals surface area contributed by atoms with E-state index in [0.29, 0.717) is 29.4 Å². The van der Waals surface area contributed by atoms with Gasteiger partial charge in [0.25, 0.3) is 0 Å². The second-order valence-corrected chi connectivity index (χ2v) is 8.71. The van der Waals surface area contributed by atoms with Crippen LogP contribution in [0.2, 0.25) is 0 Å². The Bertz CT molecular complexity index is 1430. The molecule has 1 aliphatic carbocycles. The Morgan fingerprint density at radius 2 is 2.03 bits per heavy atom. The number of nitrogens with one attached hydrogen (secondary N) is 2. The lowest BCUT2D eigenvalue weighted by molar-refractivity contribution is 0.609. The zero-order valence-electron chi connectivity index (χ0n) is 18.2. The number of anilines is 1. The van der Waals surface area contributed by atoms with Gasteiger partial charge in [0.1, 0.15) is 11.9 Å². The molecule has 0 spiro atoms. The molecule has 0 fully saturated rings. The van der Waals surface area contributed by atoms with Crippen LogP contribution in [0.3, 0.4) is 0 Å². The van der Waals surface area contributed by atoms with Gasteiger partial charge in [-0.25, -0.2) is 14.4 Å². The fourth-order valence-corrected chi connectivity index (χ4v) is 5.08. The molecular formula is C26H23FN6. The van der Waals surface area contributed by atoms with Crippen molar-refractivity contribution in [2.24, 2.45) is 0 Å². The van der Waals surface area contributed by atoms with Crippen molar-refractivity contribution in [2.75, 3.05) is 11.9 Å². The number of hydrogen-bond acceptors (Lipinski definition) is 5. The lowest BCUT2D eigenvalue weighted by Gasteiger charge is -2.18. The summed E-state index contributed by atoms with van der Waals surface area (Å²) in [4.78, 5) is 9.19. The Balaban J connectivity index is 1.39. The number of imidazole rings is 1. The third kappa shape index (κ3) is 3.43. The molecule has 0 atom stereocenters. The summed E-state index contributed by atoms with van der Waals surface area (Å²) in [6.07, 6.45) is 7.43. The van der Waals surface area contributed by atoms with Gasteiger partial charge in [0.15, 0.2) is 11.3 Å². The Labute approximate surface area is 191 Å². The number of nitrogens with zero attached hydrogens (tertiary/aromatic N) is 4. The predicted molar refractivity (Wildman–Crippen MR) is 124 cm³/mol. The minimum absolute atomic E-state index is 0.192. The molecule has 2 aromatic heterocycles. The third-order valence-electron chi connectivity index (χ3n) is 6.78. The highest BCUT2D eigenvalue weighted by Gasteiger charge is 2.19. The molecule has 164 valence electrons. The van der Waals surface area contributed by atoms with Gasteiger partial charge < -0.3 is 10.6 Å². The first kappa shape index (κ1) is 19.9. The van der Waals surface area contributed by atoms with E-state index in [4.69, 9.17) is 0 Å². The number of aryl methyl sites for hydroxylation is 1. The van der Waals surface area contributed by atoms with Gasteiger partial charge in [-0.15, -0.1) is 0 Å². The smallest absolute Gasteiger partial charge is 0.208 e. The Kier molecular flexibility index (Phi) is 4.81. The van der Waals surface area contributed by atoms with Crippen molar-refractivity contribution < 1.29 is 4.39 Å². The van der Waals surface area contributed by atoms with Gasteiger partial charge in [0.05, 0.1) is 6.20 Å². The van der Waals surface area contributed by atoms with Gasteiger partial charge in [0.2, 0.25) is 5.95 Å². The first-order chi connectivity index (χ1) is 16.2. The average Bonchev–Trinajstić information content (AvgIpc) is 3.50.